The van der Waals surface area contributed by atoms with Gasteiger partial charge in [0.15, 0.2) is 5.96 Å². The van der Waals surface area contributed by atoms with Crippen LogP contribution in [0.5, 0.6) is 0 Å². The molecule has 0 unspecified atom stereocenters. The summed E-state index contributed by atoms with van der Waals surface area (Å²) in [6.45, 7) is 1.52. The fourth-order valence-electron chi connectivity index (χ4n) is 5.37. The quantitative estimate of drug-likeness (QED) is 0.0875. The molecule has 4 aromatic carbocycles. The number of nitrogens with zero attached hydrogens (tertiary/aromatic N) is 1. The topological polar surface area (TPSA) is 175 Å². The molecule has 1 aliphatic rings. The van der Waals surface area contributed by atoms with Crippen LogP contribution in [0.25, 0.3) is 10.8 Å². The SMILES string of the molecule is N=C(N)N1CCC[C@@H](CNC(=O)[C@@H](Cc2ccc(NS(=O)(=O)c3ccc(I)cc3)cc2)NS(=O)(=O)c2ccc3ccccc3c2)C1. The minimum Gasteiger partial charge on any atom is -0.370 e. The van der Waals surface area contributed by atoms with Crippen LogP contribution in [0.1, 0.15) is 18.4 Å². The third kappa shape index (κ3) is 8.54. The molecule has 1 fully saturated rings. The summed E-state index contributed by atoms with van der Waals surface area (Å²) < 4.78 is 58.8. The third-order valence-electron chi connectivity index (χ3n) is 7.84. The fourth-order valence-corrected chi connectivity index (χ4v) is 8.02. The van der Waals surface area contributed by atoms with Crippen molar-refractivity contribution < 1.29 is 21.6 Å². The van der Waals surface area contributed by atoms with Crippen LogP contribution < -0.4 is 20.5 Å². The van der Waals surface area contributed by atoms with Gasteiger partial charge in [0, 0.05) is 28.9 Å². The number of benzene rings is 4. The second-order valence-corrected chi connectivity index (χ2v) is 15.9. The highest BCUT2D eigenvalue weighted by Gasteiger charge is 2.28. The summed E-state index contributed by atoms with van der Waals surface area (Å²) in [6.07, 6.45) is 1.70. The lowest BCUT2D eigenvalue weighted by Crippen LogP contribution is -2.51. The number of halogens is 1. The first-order chi connectivity index (χ1) is 21.9. The van der Waals surface area contributed by atoms with E-state index in [0.29, 0.717) is 30.9 Å². The molecule has 6 N–H and O–H groups in total. The normalized spacial score (nSPS) is 16.1. The van der Waals surface area contributed by atoms with Gasteiger partial charge in [0.2, 0.25) is 15.9 Å². The molecule has 4 aromatic rings. The molecule has 14 heteroatoms. The zero-order chi connectivity index (χ0) is 32.9. The summed E-state index contributed by atoms with van der Waals surface area (Å²) in [4.78, 5) is 15.5. The second kappa shape index (κ2) is 14.4. The lowest BCUT2D eigenvalue weighted by molar-refractivity contribution is -0.122. The Morgan fingerprint density at radius 3 is 2.28 bits per heavy atom. The van der Waals surface area contributed by atoms with Gasteiger partial charge in [-0.05, 0) is 113 Å². The van der Waals surface area contributed by atoms with E-state index in [1.807, 2.05) is 24.3 Å². The van der Waals surface area contributed by atoms with Gasteiger partial charge in [0.1, 0.15) is 6.04 Å². The Hall–Kier alpha value is -3.73. The van der Waals surface area contributed by atoms with Gasteiger partial charge in [-0.1, -0.05) is 42.5 Å². The molecule has 1 amide bonds. The summed E-state index contributed by atoms with van der Waals surface area (Å²) in [5.74, 6) is -0.450. The van der Waals surface area contributed by atoms with E-state index in [4.69, 9.17) is 11.1 Å². The average Bonchev–Trinajstić information content (AvgIpc) is 3.04. The number of hydrogen-bond donors (Lipinski definition) is 5. The van der Waals surface area contributed by atoms with Crippen LogP contribution in [-0.4, -0.2) is 59.3 Å². The van der Waals surface area contributed by atoms with Gasteiger partial charge in [-0.3, -0.25) is 14.9 Å². The van der Waals surface area contributed by atoms with E-state index in [9.17, 15) is 21.6 Å². The number of carbonyl (C=O) groups is 1. The summed E-state index contributed by atoms with van der Waals surface area (Å²) in [7, 11) is -7.91. The van der Waals surface area contributed by atoms with Crippen LogP contribution in [0.3, 0.4) is 0 Å². The molecular weight excluding hydrogens is 739 g/mol. The number of rotatable bonds is 11. The van der Waals surface area contributed by atoms with E-state index in [1.165, 1.54) is 18.2 Å². The number of carbonyl (C=O) groups excluding carboxylic acids is 1. The maximum atomic E-state index is 13.6. The molecule has 1 saturated heterocycles. The van der Waals surface area contributed by atoms with Crippen molar-refractivity contribution in [2.45, 2.75) is 35.1 Å². The molecule has 11 nitrogen and oxygen atoms in total. The lowest BCUT2D eigenvalue weighted by Gasteiger charge is -2.33. The smallest absolute Gasteiger partial charge is 0.261 e. The summed E-state index contributed by atoms with van der Waals surface area (Å²) >= 11 is 2.10. The number of anilines is 1. The Morgan fingerprint density at radius 2 is 1.59 bits per heavy atom. The third-order valence-corrected chi connectivity index (χ3v) is 11.4. The number of nitrogens with one attached hydrogen (secondary N) is 4. The lowest BCUT2D eigenvalue weighted by atomic mass is 9.98. The number of nitrogens with two attached hydrogens (primary N) is 1. The zero-order valence-electron chi connectivity index (χ0n) is 24.8. The van der Waals surface area contributed by atoms with Crippen LogP contribution in [-0.2, 0) is 31.3 Å². The maximum Gasteiger partial charge on any atom is 0.261 e. The molecular formula is C32H35IN6O5S2. The first kappa shape index (κ1) is 33.6. The van der Waals surface area contributed by atoms with Crippen molar-refractivity contribution in [2.75, 3.05) is 24.4 Å². The van der Waals surface area contributed by atoms with E-state index >= 15 is 0 Å². The van der Waals surface area contributed by atoms with Crippen LogP contribution in [0.2, 0.25) is 0 Å². The predicted octanol–water partition coefficient (Wildman–Crippen LogP) is 3.86. The van der Waals surface area contributed by atoms with Crippen molar-refractivity contribution in [1.29, 1.82) is 5.41 Å². The van der Waals surface area contributed by atoms with E-state index in [1.54, 1.807) is 53.4 Å². The van der Waals surface area contributed by atoms with Gasteiger partial charge in [-0.2, -0.15) is 4.72 Å². The standard InChI is InChI=1S/C32H35IN6O5S2/c33-26-10-15-28(16-11-26)45(41,42)37-27-12-7-22(8-13-27)18-30(31(40)36-20-23-4-3-17-39(21-23)32(34)35)38-46(43,44)29-14-9-24-5-1-2-6-25(24)19-29/h1-2,5-16,19,23,30,37-38H,3-4,17-18,20-21H2,(H3,34,35)(H,36,40)/t23-,30+/m0/s1. The summed E-state index contributed by atoms with van der Waals surface area (Å²) in [6, 6.07) is 24.0. The van der Waals surface area contributed by atoms with Crippen molar-refractivity contribution in [2.24, 2.45) is 11.7 Å². The number of likely N-dealkylation sites (tertiary alicyclic amines) is 1. The molecule has 0 bridgehead atoms. The molecule has 0 spiro atoms. The van der Waals surface area contributed by atoms with Crippen molar-refractivity contribution in [3.8, 4) is 0 Å². The summed E-state index contributed by atoms with van der Waals surface area (Å²) in [5, 5.41) is 12.3. The molecule has 46 heavy (non-hydrogen) atoms. The largest absolute Gasteiger partial charge is 0.370 e. The number of piperidine rings is 1. The van der Waals surface area contributed by atoms with Crippen LogP contribution >= 0.6 is 22.6 Å². The highest BCUT2D eigenvalue weighted by molar-refractivity contribution is 14.1. The van der Waals surface area contributed by atoms with Crippen LogP contribution in [0, 0.1) is 14.9 Å². The molecule has 0 saturated carbocycles. The molecule has 5 rings (SSSR count). The van der Waals surface area contributed by atoms with Gasteiger partial charge in [0.05, 0.1) is 9.79 Å². The highest BCUT2D eigenvalue weighted by atomic mass is 127. The molecule has 242 valence electrons. The number of sulfonamides is 2. The molecule has 1 aliphatic heterocycles. The van der Waals surface area contributed by atoms with Gasteiger partial charge in [-0.25, -0.2) is 16.8 Å². The Balaban J connectivity index is 1.33. The van der Waals surface area contributed by atoms with E-state index in [0.717, 1.165) is 27.2 Å². The fraction of sp³-hybridized carbons (Fsp3) is 0.250. The number of guanidine groups is 1. The van der Waals surface area contributed by atoms with Crippen LogP contribution in [0.4, 0.5) is 5.69 Å². The Labute approximate surface area is 282 Å². The first-order valence-corrected chi connectivity index (χ1v) is 18.7. The maximum absolute atomic E-state index is 13.6. The van der Waals surface area contributed by atoms with Gasteiger partial charge in [-0.15, -0.1) is 0 Å². The Morgan fingerprint density at radius 1 is 0.913 bits per heavy atom. The van der Waals surface area contributed by atoms with Crippen LogP contribution in [0.15, 0.2) is 101 Å². The monoisotopic (exact) mass is 774 g/mol. The highest BCUT2D eigenvalue weighted by Crippen LogP contribution is 2.22. The average molecular weight is 775 g/mol. The Kier molecular flexibility index (Phi) is 10.5. The first-order valence-electron chi connectivity index (χ1n) is 14.6. The van der Waals surface area contributed by atoms with E-state index in [2.05, 4.69) is 37.4 Å². The zero-order valence-corrected chi connectivity index (χ0v) is 28.6. The summed E-state index contributed by atoms with van der Waals surface area (Å²) in [5.41, 5.74) is 6.62. The van der Waals surface area contributed by atoms with Crippen molar-refractivity contribution in [1.82, 2.24) is 14.9 Å². The second-order valence-electron chi connectivity index (χ2n) is 11.2. The minimum absolute atomic E-state index is 0.0127. The molecule has 1 heterocycles. The van der Waals surface area contributed by atoms with Crippen molar-refractivity contribution >= 4 is 71.0 Å². The molecule has 0 radical (unpaired) electrons. The Bertz CT molecular complexity index is 1940. The molecule has 0 aromatic heterocycles. The predicted molar refractivity (Wildman–Crippen MR) is 187 cm³/mol. The van der Waals surface area contributed by atoms with Gasteiger partial charge in [0.25, 0.3) is 10.0 Å². The van der Waals surface area contributed by atoms with Crippen molar-refractivity contribution in [3.05, 3.63) is 100 Å². The number of fused-ring (bicyclic) bond motifs is 1. The molecule has 2 atom stereocenters. The number of amides is 1. The van der Waals surface area contributed by atoms with E-state index in [-0.39, 0.29) is 28.1 Å². The van der Waals surface area contributed by atoms with E-state index < -0.39 is 32.0 Å². The number of hydrogen-bond acceptors (Lipinski definition) is 6. The van der Waals surface area contributed by atoms with Gasteiger partial charge < -0.3 is 16.0 Å². The molecule has 0 aliphatic carbocycles. The minimum atomic E-state index is -4.10. The van der Waals surface area contributed by atoms with Gasteiger partial charge >= 0.3 is 0 Å². The van der Waals surface area contributed by atoms with Crippen molar-refractivity contribution in [3.63, 3.8) is 0 Å².